The van der Waals surface area contributed by atoms with Crippen LogP contribution in [0, 0.1) is 0 Å². The van der Waals surface area contributed by atoms with Gasteiger partial charge in [0.25, 0.3) is 0 Å². The minimum absolute atomic E-state index is 0.529. The third-order valence-corrected chi connectivity index (χ3v) is 4.60. The van der Waals surface area contributed by atoms with E-state index in [4.69, 9.17) is 0 Å². The van der Waals surface area contributed by atoms with Gasteiger partial charge >= 0.3 is 0 Å². The van der Waals surface area contributed by atoms with E-state index in [1.54, 1.807) is 6.20 Å². The van der Waals surface area contributed by atoms with E-state index in [9.17, 15) is 0 Å². The predicted octanol–water partition coefficient (Wildman–Crippen LogP) is 3.12. The highest BCUT2D eigenvalue weighted by Gasteiger charge is 2.18. The molecule has 0 unspecified atom stereocenters. The van der Waals surface area contributed by atoms with Crippen molar-refractivity contribution in [2.24, 2.45) is 0 Å². The van der Waals surface area contributed by atoms with Crippen molar-refractivity contribution in [3.63, 3.8) is 0 Å². The van der Waals surface area contributed by atoms with Gasteiger partial charge in [-0.2, -0.15) is 5.10 Å². The second-order valence-corrected chi connectivity index (χ2v) is 6.10. The fourth-order valence-corrected chi connectivity index (χ4v) is 3.33. The third kappa shape index (κ3) is 3.03. The number of aryl methyl sites for hydroxylation is 1. The molecule has 1 aliphatic rings. The first kappa shape index (κ1) is 14.2. The summed E-state index contributed by atoms with van der Waals surface area (Å²) in [6.45, 7) is 0.827. The number of H-pyrrole nitrogens is 1. The average molecular weight is 304 g/mol. The van der Waals surface area contributed by atoms with Crippen LogP contribution in [0.4, 0.5) is 0 Å². The molecule has 0 saturated carbocycles. The lowest BCUT2D eigenvalue weighted by Gasteiger charge is -2.25. The fourth-order valence-electron chi connectivity index (χ4n) is 3.33. The molecule has 4 rings (SSSR count). The largest absolute Gasteiger partial charge is 0.309 e. The van der Waals surface area contributed by atoms with Crippen LogP contribution in [0.2, 0.25) is 0 Å². The molecule has 2 N–H and O–H groups in total. The summed E-state index contributed by atoms with van der Waals surface area (Å²) in [6, 6.07) is 13.3. The van der Waals surface area contributed by atoms with Crippen molar-refractivity contribution in [2.75, 3.05) is 0 Å². The zero-order valence-electron chi connectivity index (χ0n) is 13.0. The second-order valence-electron chi connectivity index (χ2n) is 6.10. The van der Waals surface area contributed by atoms with Crippen molar-refractivity contribution in [3.8, 4) is 11.3 Å². The summed E-state index contributed by atoms with van der Waals surface area (Å²) >= 11 is 0. The van der Waals surface area contributed by atoms with E-state index in [0.29, 0.717) is 6.04 Å². The first-order valence-electron chi connectivity index (χ1n) is 8.13. The van der Waals surface area contributed by atoms with E-state index in [1.807, 2.05) is 18.5 Å². The molecule has 4 nitrogen and oxygen atoms in total. The van der Waals surface area contributed by atoms with Crippen molar-refractivity contribution in [1.82, 2.24) is 20.5 Å². The van der Waals surface area contributed by atoms with Gasteiger partial charge in [0.05, 0.1) is 11.9 Å². The topological polar surface area (TPSA) is 53.6 Å². The van der Waals surface area contributed by atoms with Crippen LogP contribution >= 0.6 is 0 Å². The predicted molar refractivity (Wildman–Crippen MR) is 90.9 cm³/mol. The highest BCUT2D eigenvalue weighted by molar-refractivity contribution is 5.61. The zero-order chi connectivity index (χ0) is 15.5. The van der Waals surface area contributed by atoms with Crippen LogP contribution < -0.4 is 5.32 Å². The molecule has 0 radical (unpaired) electrons. The molecule has 0 aliphatic heterocycles. The molecule has 0 amide bonds. The van der Waals surface area contributed by atoms with Gasteiger partial charge in [-0.15, -0.1) is 0 Å². The Bertz CT molecular complexity index is 779. The molecule has 23 heavy (non-hydrogen) atoms. The summed E-state index contributed by atoms with van der Waals surface area (Å²) in [4.78, 5) is 4.19. The van der Waals surface area contributed by atoms with Gasteiger partial charge < -0.3 is 5.32 Å². The zero-order valence-corrected chi connectivity index (χ0v) is 13.0. The van der Waals surface area contributed by atoms with Crippen LogP contribution in [-0.2, 0) is 19.4 Å². The van der Waals surface area contributed by atoms with Crippen LogP contribution in [0.25, 0.3) is 11.3 Å². The molecule has 2 heterocycles. The van der Waals surface area contributed by atoms with Crippen LogP contribution in [0.15, 0.2) is 55.0 Å². The van der Waals surface area contributed by atoms with E-state index < -0.39 is 0 Å². The first-order valence-corrected chi connectivity index (χ1v) is 8.13. The number of benzene rings is 1. The summed E-state index contributed by atoms with van der Waals surface area (Å²) in [5.74, 6) is 0. The molecule has 4 heteroatoms. The Kier molecular flexibility index (Phi) is 3.90. The Balaban J connectivity index is 1.44. The van der Waals surface area contributed by atoms with Crippen molar-refractivity contribution in [1.29, 1.82) is 0 Å². The molecule has 0 bridgehead atoms. The summed E-state index contributed by atoms with van der Waals surface area (Å²) in [5.41, 5.74) is 6.32. The smallest absolute Gasteiger partial charge is 0.0710 e. The van der Waals surface area contributed by atoms with Crippen LogP contribution in [0.1, 0.15) is 23.1 Å². The van der Waals surface area contributed by atoms with E-state index in [0.717, 1.165) is 30.6 Å². The molecule has 0 spiro atoms. The summed E-state index contributed by atoms with van der Waals surface area (Å²) < 4.78 is 0. The maximum absolute atomic E-state index is 4.21. The lowest BCUT2D eigenvalue weighted by Crippen LogP contribution is -2.34. The van der Waals surface area contributed by atoms with Gasteiger partial charge in [0, 0.05) is 36.1 Å². The monoisotopic (exact) mass is 304 g/mol. The molecule has 1 atom stereocenters. The summed E-state index contributed by atoms with van der Waals surface area (Å²) in [5, 5.41) is 11.0. The Morgan fingerprint density at radius 3 is 2.87 bits per heavy atom. The van der Waals surface area contributed by atoms with Crippen molar-refractivity contribution in [3.05, 3.63) is 71.7 Å². The van der Waals surface area contributed by atoms with E-state index in [-0.39, 0.29) is 0 Å². The number of nitrogens with one attached hydrogen (secondary N) is 2. The average Bonchev–Trinajstić information content (AvgIpc) is 3.09. The molecular formula is C19H20N4. The quantitative estimate of drug-likeness (QED) is 0.778. The molecule has 0 saturated heterocycles. The lowest BCUT2D eigenvalue weighted by atomic mass is 9.88. The van der Waals surface area contributed by atoms with Gasteiger partial charge in [-0.25, -0.2) is 0 Å². The van der Waals surface area contributed by atoms with Crippen LogP contribution in [-0.4, -0.2) is 21.2 Å². The van der Waals surface area contributed by atoms with Crippen molar-refractivity contribution >= 4 is 0 Å². The first-order chi connectivity index (χ1) is 11.4. The minimum Gasteiger partial charge on any atom is -0.309 e. The number of hydrogen-bond donors (Lipinski definition) is 2. The van der Waals surface area contributed by atoms with Gasteiger partial charge in [-0.3, -0.25) is 10.1 Å². The molecular weight excluding hydrogens is 284 g/mol. The van der Waals surface area contributed by atoms with Gasteiger partial charge in [0.2, 0.25) is 0 Å². The van der Waals surface area contributed by atoms with Gasteiger partial charge in [0.1, 0.15) is 0 Å². The van der Waals surface area contributed by atoms with Gasteiger partial charge in [0.15, 0.2) is 0 Å². The van der Waals surface area contributed by atoms with Crippen molar-refractivity contribution in [2.45, 2.75) is 31.8 Å². The number of aromatic amines is 1. The summed E-state index contributed by atoms with van der Waals surface area (Å²) in [6.07, 6.45) is 9.03. The van der Waals surface area contributed by atoms with E-state index in [1.165, 1.54) is 23.1 Å². The number of hydrogen-bond acceptors (Lipinski definition) is 3. The number of pyridine rings is 1. The molecule has 3 aromatic rings. The molecule has 1 aromatic carbocycles. The number of nitrogens with zero attached hydrogens (tertiary/aromatic N) is 2. The molecule has 116 valence electrons. The number of aromatic nitrogens is 3. The second kappa shape index (κ2) is 6.34. The fraction of sp³-hybridized carbons (Fsp3) is 0.263. The maximum atomic E-state index is 4.21. The molecule has 2 aromatic heterocycles. The highest BCUT2D eigenvalue weighted by atomic mass is 15.1. The Morgan fingerprint density at radius 2 is 2.00 bits per heavy atom. The standard InChI is InChI=1S/C19H20N4/c1-2-5-15-10-18(8-7-14(15)4-1)21-12-17-13-22-23-19(17)16-6-3-9-20-11-16/h1-6,9,11,13,18,21H,7-8,10,12H2,(H,22,23)/t18-/m0/s1. The van der Waals surface area contributed by atoms with Crippen LogP contribution in [0.3, 0.4) is 0 Å². The minimum atomic E-state index is 0.529. The summed E-state index contributed by atoms with van der Waals surface area (Å²) in [7, 11) is 0. The Morgan fingerprint density at radius 1 is 1.09 bits per heavy atom. The van der Waals surface area contributed by atoms with Gasteiger partial charge in [-0.05, 0) is 42.5 Å². The Hall–Kier alpha value is -2.46. The van der Waals surface area contributed by atoms with Crippen molar-refractivity contribution < 1.29 is 0 Å². The van der Waals surface area contributed by atoms with Gasteiger partial charge in [-0.1, -0.05) is 24.3 Å². The highest BCUT2D eigenvalue weighted by Crippen LogP contribution is 2.23. The number of fused-ring (bicyclic) bond motifs is 1. The molecule has 1 aliphatic carbocycles. The van der Waals surface area contributed by atoms with E-state index >= 15 is 0 Å². The third-order valence-electron chi connectivity index (χ3n) is 4.60. The molecule has 0 fully saturated rings. The Labute approximate surface area is 136 Å². The maximum Gasteiger partial charge on any atom is 0.0710 e. The number of rotatable bonds is 4. The SMILES string of the molecule is c1cncc(-c2[nH]ncc2CN[C@H]2CCc3ccccc3C2)c1. The lowest BCUT2D eigenvalue weighted by molar-refractivity contribution is 0.458. The normalized spacial score (nSPS) is 17.0. The van der Waals surface area contributed by atoms with E-state index in [2.05, 4.69) is 50.8 Å². The van der Waals surface area contributed by atoms with Crippen LogP contribution in [0.5, 0.6) is 0 Å².